The van der Waals surface area contributed by atoms with Crippen LogP contribution >= 0.6 is 0 Å². The van der Waals surface area contributed by atoms with Gasteiger partial charge in [-0.05, 0) is 36.5 Å². The summed E-state index contributed by atoms with van der Waals surface area (Å²) in [6, 6.07) is 25.5. The average Bonchev–Trinajstić information content (AvgIpc) is 2.80. The van der Waals surface area contributed by atoms with Crippen molar-refractivity contribution in [2.75, 3.05) is 6.54 Å². The predicted molar refractivity (Wildman–Crippen MR) is 138 cm³/mol. The maximum absolute atomic E-state index is 13.7. The lowest BCUT2D eigenvalue weighted by atomic mass is 10.0. The Hall–Kier alpha value is -3.40. The highest BCUT2D eigenvalue weighted by molar-refractivity contribution is 5.88. The highest BCUT2D eigenvalue weighted by Gasteiger charge is 2.30. The van der Waals surface area contributed by atoms with Crippen molar-refractivity contribution in [2.24, 2.45) is 5.92 Å². The first-order valence-electron chi connectivity index (χ1n) is 12.0. The van der Waals surface area contributed by atoms with Gasteiger partial charge in [-0.15, -0.1) is 0 Å². The number of aryl methyl sites for hydroxylation is 2. The van der Waals surface area contributed by atoms with Crippen LogP contribution in [0.3, 0.4) is 0 Å². The zero-order valence-corrected chi connectivity index (χ0v) is 20.8. The van der Waals surface area contributed by atoms with E-state index in [-0.39, 0.29) is 18.2 Å². The fourth-order valence-electron chi connectivity index (χ4n) is 4.08. The lowest BCUT2D eigenvalue weighted by molar-refractivity contribution is -0.140. The Morgan fingerprint density at radius 2 is 1.38 bits per heavy atom. The minimum absolute atomic E-state index is 0.0484. The predicted octanol–water partition coefficient (Wildman–Crippen LogP) is 5.26. The normalized spacial score (nSPS) is 11.8. The van der Waals surface area contributed by atoms with E-state index in [0.717, 1.165) is 27.8 Å². The molecule has 0 fully saturated rings. The van der Waals surface area contributed by atoms with Crippen LogP contribution in [0.25, 0.3) is 0 Å². The van der Waals surface area contributed by atoms with Gasteiger partial charge in [-0.3, -0.25) is 9.59 Å². The molecule has 1 atom stereocenters. The second-order valence-electron chi connectivity index (χ2n) is 9.52. The van der Waals surface area contributed by atoms with Gasteiger partial charge < -0.3 is 10.2 Å². The second-order valence-corrected chi connectivity index (χ2v) is 9.52. The lowest BCUT2D eigenvalue weighted by Crippen LogP contribution is -2.51. The first kappa shape index (κ1) is 25.2. The molecule has 3 aromatic rings. The molecule has 0 saturated carbocycles. The van der Waals surface area contributed by atoms with Crippen molar-refractivity contribution in [2.45, 2.75) is 53.1 Å². The number of hydrogen-bond donors (Lipinski definition) is 1. The largest absolute Gasteiger partial charge is 0.354 e. The standard InChI is InChI=1S/C30H36N2O2/c1-22(2)20-31-30(34)28(18-25-12-6-5-7-13-25)32(21-27-15-9-11-24(4)17-27)29(33)19-26-14-8-10-23(3)16-26/h5-17,22,28H,18-21H2,1-4H3,(H,31,34). The van der Waals surface area contributed by atoms with Gasteiger partial charge in [-0.1, -0.05) is 104 Å². The molecule has 3 rings (SSSR count). The fourth-order valence-corrected chi connectivity index (χ4v) is 4.08. The maximum Gasteiger partial charge on any atom is 0.243 e. The van der Waals surface area contributed by atoms with Crippen molar-refractivity contribution in [1.29, 1.82) is 0 Å². The molecule has 178 valence electrons. The summed E-state index contributed by atoms with van der Waals surface area (Å²) in [5, 5.41) is 3.08. The molecule has 1 unspecified atom stereocenters. The van der Waals surface area contributed by atoms with E-state index in [1.807, 2.05) is 86.6 Å². The summed E-state index contributed by atoms with van der Waals surface area (Å²) in [5.74, 6) is 0.171. The molecule has 0 bridgehead atoms. The summed E-state index contributed by atoms with van der Waals surface area (Å²) in [4.78, 5) is 29.0. The van der Waals surface area contributed by atoms with Crippen LogP contribution in [0.4, 0.5) is 0 Å². The zero-order chi connectivity index (χ0) is 24.5. The Bertz CT molecular complexity index is 1090. The van der Waals surface area contributed by atoms with E-state index < -0.39 is 6.04 Å². The summed E-state index contributed by atoms with van der Waals surface area (Å²) in [6.45, 7) is 9.17. The van der Waals surface area contributed by atoms with Gasteiger partial charge >= 0.3 is 0 Å². The van der Waals surface area contributed by atoms with Gasteiger partial charge in [-0.25, -0.2) is 0 Å². The number of nitrogens with one attached hydrogen (secondary N) is 1. The van der Waals surface area contributed by atoms with Gasteiger partial charge in [0.15, 0.2) is 0 Å². The molecule has 4 nitrogen and oxygen atoms in total. The van der Waals surface area contributed by atoms with E-state index in [4.69, 9.17) is 0 Å². The van der Waals surface area contributed by atoms with E-state index in [1.54, 1.807) is 4.90 Å². The molecule has 2 amide bonds. The third kappa shape index (κ3) is 7.58. The van der Waals surface area contributed by atoms with Crippen molar-refractivity contribution in [3.05, 3.63) is 107 Å². The zero-order valence-electron chi connectivity index (χ0n) is 20.8. The van der Waals surface area contributed by atoms with Crippen molar-refractivity contribution in [3.63, 3.8) is 0 Å². The summed E-state index contributed by atoms with van der Waals surface area (Å²) >= 11 is 0. The summed E-state index contributed by atoms with van der Waals surface area (Å²) in [5.41, 5.74) is 5.26. The molecule has 0 spiro atoms. The number of carbonyl (C=O) groups excluding carboxylic acids is 2. The van der Waals surface area contributed by atoms with Crippen molar-refractivity contribution < 1.29 is 9.59 Å². The van der Waals surface area contributed by atoms with Gasteiger partial charge in [-0.2, -0.15) is 0 Å². The molecule has 0 aliphatic carbocycles. The van der Waals surface area contributed by atoms with Crippen LogP contribution < -0.4 is 5.32 Å². The monoisotopic (exact) mass is 456 g/mol. The summed E-state index contributed by atoms with van der Waals surface area (Å²) in [6.07, 6.45) is 0.729. The van der Waals surface area contributed by atoms with E-state index in [1.165, 1.54) is 0 Å². The summed E-state index contributed by atoms with van der Waals surface area (Å²) in [7, 11) is 0. The Morgan fingerprint density at radius 1 is 0.794 bits per heavy atom. The van der Waals surface area contributed by atoms with Gasteiger partial charge in [0.2, 0.25) is 11.8 Å². The van der Waals surface area contributed by atoms with Crippen LogP contribution in [0.5, 0.6) is 0 Å². The molecular weight excluding hydrogens is 420 g/mol. The lowest BCUT2D eigenvalue weighted by Gasteiger charge is -2.32. The number of hydrogen-bond acceptors (Lipinski definition) is 2. The fraction of sp³-hybridized carbons (Fsp3) is 0.333. The first-order chi connectivity index (χ1) is 16.3. The van der Waals surface area contributed by atoms with E-state index in [2.05, 4.69) is 25.2 Å². The van der Waals surface area contributed by atoms with Crippen molar-refractivity contribution in [1.82, 2.24) is 10.2 Å². The number of rotatable bonds is 10. The highest BCUT2D eigenvalue weighted by Crippen LogP contribution is 2.18. The minimum Gasteiger partial charge on any atom is -0.354 e. The van der Waals surface area contributed by atoms with E-state index in [0.29, 0.717) is 25.4 Å². The van der Waals surface area contributed by atoms with Crippen LogP contribution in [0.15, 0.2) is 78.9 Å². The molecule has 0 heterocycles. The van der Waals surface area contributed by atoms with Gasteiger partial charge in [0, 0.05) is 19.5 Å². The van der Waals surface area contributed by atoms with Crippen molar-refractivity contribution >= 4 is 11.8 Å². The Morgan fingerprint density at radius 3 is 2.00 bits per heavy atom. The molecule has 0 aromatic heterocycles. The Kier molecular flexibility index (Phi) is 9.03. The molecule has 1 N–H and O–H groups in total. The molecular formula is C30H36N2O2. The molecule has 4 heteroatoms. The molecule has 0 aliphatic heterocycles. The topological polar surface area (TPSA) is 49.4 Å². The van der Waals surface area contributed by atoms with Crippen LogP contribution in [0, 0.1) is 19.8 Å². The van der Waals surface area contributed by atoms with E-state index in [9.17, 15) is 9.59 Å². The third-order valence-electron chi connectivity index (χ3n) is 5.83. The molecule has 0 saturated heterocycles. The van der Waals surface area contributed by atoms with Crippen LogP contribution in [-0.2, 0) is 29.0 Å². The smallest absolute Gasteiger partial charge is 0.243 e. The Balaban J connectivity index is 1.96. The maximum atomic E-state index is 13.7. The number of nitrogens with zero attached hydrogens (tertiary/aromatic N) is 1. The molecule has 0 aliphatic rings. The molecule has 34 heavy (non-hydrogen) atoms. The quantitative estimate of drug-likeness (QED) is 0.452. The van der Waals surface area contributed by atoms with Crippen LogP contribution in [0.1, 0.15) is 41.7 Å². The van der Waals surface area contributed by atoms with Gasteiger partial charge in [0.1, 0.15) is 6.04 Å². The third-order valence-corrected chi connectivity index (χ3v) is 5.83. The first-order valence-corrected chi connectivity index (χ1v) is 12.0. The number of carbonyl (C=O) groups is 2. The Labute approximate surface area is 204 Å². The number of amides is 2. The highest BCUT2D eigenvalue weighted by atomic mass is 16.2. The van der Waals surface area contributed by atoms with Gasteiger partial charge in [0.25, 0.3) is 0 Å². The minimum atomic E-state index is -0.598. The van der Waals surface area contributed by atoms with Crippen LogP contribution in [0.2, 0.25) is 0 Å². The molecule has 3 aromatic carbocycles. The van der Waals surface area contributed by atoms with Crippen molar-refractivity contribution in [3.8, 4) is 0 Å². The number of benzene rings is 3. The summed E-state index contributed by atoms with van der Waals surface area (Å²) < 4.78 is 0. The average molecular weight is 457 g/mol. The van der Waals surface area contributed by atoms with Crippen LogP contribution in [-0.4, -0.2) is 29.3 Å². The second kappa shape index (κ2) is 12.2. The SMILES string of the molecule is Cc1cccc(CC(=O)N(Cc2cccc(C)c2)C(Cc2ccccc2)C(=O)NCC(C)C)c1. The van der Waals surface area contributed by atoms with E-state index >= 15 is 0 Å². The molecule has 0 radical (unpaired) electrons. The van der Waals surface area contributed by atoms with Gasteiger partial charge in [0.05, 0.1) is 6.42 Å².